The van der Waals surface area contributed by atoms with Gasteiger partial charge in [0, 0.05) is 0 Å². The molecule has 17 heavy (non-hydrogen) atoms. The van der Waals surface area contributed by atoms with Gasteiger partial charge in [-0.3, -0.25) is 0 Å². The van der Waals surface area contributed by atoms with Crippen molar-refractivity contribution < 1.29 is 24.8 Å². The van der Waals surface area contributed by atoms with Gasteiger partial charge in [0.25, 0.3) is 0 Å². The van der Waals surface area contributed by atoms with Crippen molar-refractivity contribution in [3.05, 3.63) is 36.9 Å². The SMILES string of the molecule is OC[C@H]1O[CH][C@H](Oc2ccccc2)[C@@H](O)[C@@H]1O. The topological polar surface area (TPSA) is 79.2 Å². The molecule has 5 heteroatoms. The van der Waals surface area contributed by atoms with E-state index >= 15 is 0 Å². The van der Waals surface area contributed by atoms with Crippen LogP contribution < -0.4 is 4.74 Å². The van der Waals surface area contributed by atoms with Crippen molar-refractivity contribution >= 4 is 0 Å². The molecule has 1 aromatic carbocycles. The third-order valence-corrected chi connectivity index (χ3v) is 2.65. The van der Waals surface area contributed by atoms with E-state index in [1.54, 1.807) is 24.3 Å². The fraction of sp³-hybridized carbons (Fsp3) is 0.417. The van der Waals surface area contributed by atoms with Gasteiger partial charge in [0.15, 0.2) is 6.10 Å². The van der Waals surface area contributed by atoms with E-state index in [1.807, 2.05) is 6.07 Å². The summed E-state index contributed by atoms with van der Waals surface area (Å²) in [4.78, 5) is 0. The maximum atomic E-state index is 9.80. The Labute approximate surface area is 99.2 Å². The molecule has 1 saturated heterocycles. The van der Waals surface area contributed by atoms with Crippen LogP contribution in [0, 0.1) is 6.61 Å². The molecule has 1 heterocycles. The Morgan fingerprint density at radius 1 is 1.12 bits per heavy atom. The average molecular weight is 239 g/mol. The zero-order valence-corrected chi connectivity index (χ0v) is 9.14. The van der Waals surface area contributed by atoms with Crippen molar-refractivity contribution in [1.29, 1.82) is 0 Å². The molecule has 0 amide bonds. The van der Waals surface area contributed by atoms with Crippen LogP contribution >= 0.6 is 0 Å². The van der Waals surface area contributed by atoms with Gasteiger partial charge in [0.1, 0.15) is 30.7 Å². The van der Waals surface area contributed by atoms with Gasteiger partial charge in [0.05, 0.1) is 6.61 Å². The van der Waals surface area contributed by atoms with Gasteiger partial charge in [-0.15, -0.1) is 0 Å². The predicted molar refractivity (Wildman–Crippen MR) is 59.1 cm³/mol. The van der Waals surface area contributed by atoms with Crippen LogP contribution in [0.1, 0.15) is 0 Å². The Morgan fingerprint density at radius 3 is 2.47 bits per heavy atom. The first-order chi connectivity index (χ1) is 8.22. The van der Waals surface area contributed by atoms with E-state index < -0.39 is 24.4 Å². The van der Waals surface area contributed by atoms with Gasteiger partial charge in [-0.1, -0.05) is 18.2 Å². The van der Waals surface area contributed by atoms with E-state index in [2.05, 4.69) is 0 Å². The molecule has 1 fully saturated rings. The normalized spacial score (nSPS) is 33.4. The first-order valence-electron chi connectivity index (χ1n) is 5.40. The predicted octanol–water partition coefficient (Wildman–Crippen LogP) is -0.291. The monoisotopic (exact) mass is 239 g/mol. The van der Waals surface area contributed by atoms with Gasteiger partial charge in [-0.05, 0) is 12.1 Å². The van der Waals surface area contributed by atoms with E-state index in [1.165, 1.54) is 6.61 Å². The lowest BCUT2D eigenvalue weighted by Crippen LogP contribution is -2.54. The molecule has 3 N–H and O–H groups in total. The summed E-state index contributed by atoms with van der Waals surface area (Å²) in [5.41, 5.74) is 0. The second kappa shape index (κ2) is 5.46. The molecule has 2 rings (SSSR count). The van der Waals surface area contributed by atoms with Gasteiger partial charge in [-0.2, -0.15) is 0 Å². The van der Waals surface area contributed by atoms with Crippen LogP contribution in [0.3, 0.4) is 0 Å². The lowest BCUT2D eigenvalue weighted by molar-refractivity contribution is -0.163. The fourth-order valence-corrected chi connectivity index (χ4v) is 1.66. The lowest BCUT2D eigenvalue weighted by Gasteiger charge is -2.36. The highest BCUT2D eigenvalue weighted by Gasteiger charge is 2.39. The molecule has 0 saturated carbocycles. The Bertz CT molecular complexity index is 342. The second-order valence-electron chi connectivity index (χ2n) is 3.87. The molecule has 0 aliphatic carbocycles. The zero-order valence-electron chi connectivity index (χ0n) is 9.14. The third-order valence-electron chi connectivity index (χ3n) is 2.65. The molecule has 1 aromatic rings. The van der Waals surface area contributed by atoms with Crippen LogP contribution in [0.4, 0.5) is 0 Å². The van der Waals surface area contributed by atoms with Crippen molar-refractivity contribution in [1.82, 2.24) is 0 Å². The minimum absolute atomic E-state index is 0.354. The van der Waals surface area contributed by atoms with Crippen LogP contribution in [-0.4, -0.2) is 46.3 Å². The van der Waals surface area contributed by atoms with Gasteiger partial charge < -0.3 is 24.8 Å². The molecule has 0 unspecified atom stereocenters. The summed E-state index contributed by atoms with van der Waals surface area (Å²) in [6, 6.07) is 8.94. The van der Waals surface area contributed by atoms with Crippen LogP contribution in [0.15, 0.2) is 30.3 Å². The fourth-order valence-electron chi connectivity index (χ4n) is 1.66. The number of aliphatic hydroxyl groups is 3. The first kappa shape index (κ1) is 12.3. The molecule has 93 valence electrons. The number of hydrogen-bond donors (Lipinski definition) is 3. The minimum Gasteiger partial charge on any atom is -0.485 e. The van der Waals surface area contributed by atoms with E-state index in [0.29, 0.717) is 5.75 Å². The summed E-state index contributed by atoms with van der Waals surface area (Å²) in [5.74, 6) is 0.575. The van der Waals surface area contributed by atoms with Crippen molar-refractivity contribution in [2.24, 2.45) is 0 Å². The van der Waals surface area contributed by atoms with Crippen LogP contribution in [0.5, 0.6) is 5.75 Å². The zero-order chi connectivity index (χ0) is 12.3. The van der Waals surface area contributed by atoms with Gasteiger partial charge >= 0.3 is 0 Å². The van der Waals surface area contributed by atoms with E-state index in [-0.39, 0.29) is 6.61 Å². The highest BCUT2D eigenvalue weighted by Crippen LogP contribution is 2.22. The maximum absolute atomic E-state index is 9.80. The summed E-state index contributed by atoms with van der Waals surface area (Å²) >= 11 is 0. The first-order valence-corrected chi connectivity index (χ1v) is 5.40. The molecule has 5 nitrogen and oxygen atoms in total. The number of aliphatic hydroxyl groups excluding tert-OH is 3. The number of benzene rings is 1. The highest BCUT2D eigenvalue weighted by atomic mass is 16.6. The smallest absolute Gasteiger partial charge is 0.156 e. The maximum Gasteiger partial charge on any atom is 0.156 e. The Kier molecular flexibility index (Phi) is 3.96. The molecule has 1 aliphatic heterocycles. The van der Waals surface area contributed by atoms with E-state index in [9.17, 15) is 10.2 Å². The standard InChI is InChI=1S/C12H15O5/c13-6-9-11(14)12(15)10(7-16-9)17-8-4-2-1-3-5-8/h1-5,7,9-15H,6H2/t9-,10+,11-,12-/m1/s1. The molecule has 4 atom stereocenters. The summed E-state index contributed by atoms with van der Waals surface area (Å²) in [5, 5.41) is 28.4. The second-order valence-corrected chi connectivity index (χ2v) is 3.87. The third kappa shape index (κ3) is 2.76. The van der Waals surface area contributed by atoms with Crippen molar-refractivity contribution in [3.8, 4) is 5.75 Å². The number of rotatable bonds is 3. The molecule has 0 bridgehead atoms. The summed E-state index contributed by atoms with van der Waals surface area (Å²) in [7, 11) is 0. The minimum atomic E-state index is -1.17. The van der Waals surface area contributed by atoms with E-state index in [0.717, 1.165) is 0 Å². The quantitative estimate of drug-likeness (QED) is 0.675. The largest absolute Gasteiger partial charge is 0.485 e. The molecule has 1 radical (unpaired) electrons. The molecule has 0 spiro atoms. The van der Waals surface area contributed by atoms with Crippen LogP contribution in [-0.2, 0) is 4.74 Å². The Morgan fingerprint density at radius 2 is 1.82 bits per heavy atom. The number of ether oxygens (including phenoxy) is 2. The van der Waals surface area contributed by atoms with E-state index in [4.69, 9.17) is 14.6 Å². The summed E-state index contributed by atoms with van der Waals surface area (Å²) in [6.45, 7) is 0.943. The Hall–Kier alpha value is -1.14. The molecular weight excluding hydrogens is 224 g/mol. The number of para-hydroxylation sites is 1. The average Bonchev–Trinajstić information content (AvgIpc) is 2.37. The van der Waals surface area contributed by atoms with Gasteiger partial charge in [0.2, 0.25) is 0 Å². The summed E-state index contributed by atoms with van der Waals surface area (Å²) in [6.07, 6.45) is -3.85. The van der Waals surface area contributed by atoms with Crippen molar-refractivity contribution in [3.63, 3.8) is 0 Å². The van der Waals surface area contributed by atoms with Crippen LogP contribution in [0.25, 0.3) is 0 Å². The van der Waals surface area contributed by atoms with Gasteiger partial charge in [-0.25, -0.2) is 0 Å². The highest BCUT2D eigenvalue weighted by molar-refractivity contribution is 5.22. The lowest BCUT2D eigenvalue weighted by atomic mass is 10.0. The molecular formula is C12H15O5. The van der Waals surface area contributed by atoms with Crippen molar-refractivity contribution in [2.45, 2.75) is 24.4 Å². The summed E-state index contributed by atoms with van der Waals surface area (Å²) < 4.78 is 10.5. The van der Waals surface area contributed by atoms with Crippen molar-refractivity contribution in [2.75, 3.05) is 6.61 Å². The Balaban J connectivity index is 1.99. The molecule has 0 aromatic heterocycles. The molecule has 1 aliphatic rings. The van der Waals surface area contributed by atoms with Crippen LogP contribution in [0.2, 0.25) is 0 Å². The number of hydrogen-bond acceptors (Lipinski definition) is 5.